The van der Waals surface area contributed by atoms with Gasteiger partial charge < -0.3 is 10.2 Å². The fourth-order valence-corrected chi connectivity index (χ4v) is 2.96. The van der Waals surface area contributed by atoms with Crippen molar-refractivity contribution in [1.82, 2.24) is 15.2 Å². The molecule has 0 aliphatic heterocycles. The standard InChI is InChI=1S/C15H25N3/c1-16-12-15(7-3-8-15)13-18(2)11-6-14-4-9-17-10-5-14/h4-5,9-10,16H,3,6-8,11-13H2,1-2H3. The highest BCUT2D eigenvalue weighted by atomic mass is 15.1. The molecule has 0 unspecified atom stereocenters. The third-order valence-electron chi connectivity index (χ3n) is 4.10. The lowest BCUT2D eigenvalue weighted by Crippen LogP contribution is -2.47. The van der Waals surface area contributed by atoms with Crippen molar-refractivity contribution in [2.24, 2.45) is 5.41 Å². The van der Waals surface area contributed by atoms with Gasteiger partial charge in [-0.25, -0.2) is 0 Å². The molecule has 18 heavy (non-hydrogen) atoms. The summed E-state index contributed by atoms with van der Waals surface area (Å²) in [5.74, 6) is 0. The zero-order chi connectivity index (χ0) is 12.8. The normalized spacial score (nSPS) is 17.7. The third kappa shape index (κ3) is 3.53. The van der Waals surface area contributed by atoms with Crippen LogP contribution in [0.25, 0.3) is 0 Å². The van der Waals surface area contributed by atoms with E-state index in [1.54, 1.807) is 0 Å². The first-order valence-corrected chi connectivity index (χ1v) is 6.96. The van der Waals surface area contributed by atoms with Crippen LogP contribution in [0, 0.1) is 5.41 Å². The lowest BCUT2D eigenvalue weighted by atomic mass is 9.68. The predicted octanol–water partition coefficient (Wildman–Crippen LogP) is 1.95. The van der Waals surface area contributed by atoms with E-state index in [2.05, 4.69) is 41.4 Å². The highest BCUT2D eigenvalue weighted by Crippen LogP contribution is 2.40. The van der Waals surface area contributed by atoms with Crippen LogP contribution in [-0.2, 0) is 6.42 Å². The van der Waals surface area contributed by atoms with E-state index in [4.69, 9.17) is 0 Å². The zero-order valence-electron chi connectivity index (χ0n) is 11.7. The van der Waals surface area contributed by atoms with Crippen molar-refractivity contribution in [2.75, 3.05) is 33.7 Å². The van der Waals surface area contributed by atoms with E-state index in [9.17, 15) is 0 Å². The maximum atomic E-state index is 4.06. The van der Waals surface area contributed by atoms with Gasteiger partial charge in [0.25, 0.3) is 0 Å². The van der Waals surface area contributed by atoms with Gasteiger partial charge in [0, 0.05) is 32.0 Å². The van der Waals surface area contributed by atoms with Crippen molar-refractivity contribution >= 4 is 0 Å². The maximum Gasteiger partial charge on any atom is 0.0270 e. The Bertz CT molecular complexity index is 346. The minimum atomic E-state index is 0.543. The van der Waals surface area contributed by atoms with Gasteiger partial charge in [-0.05, 0) is 56.5 Å². The first kappa shape index (κ1) is 13.5. The van der Waals surface area contributed by atoms with Crippen LogP contribution in [0.1, 0.15) is 24.8 Å². The van der Waals surface area contributed by atoms with E-state index in [1.807, 2.05) is 12.4 Å². The van der Waals surface area contributed by atoms with E-state index < -0.39 is 0 Å². The van der Waals surface area contributed by atoms with E-state index in [-0.39, 0.29) is 0 Å². The van der Waals surface area contributed by atoms with Crippen molar-refractivity contribution < 1.29 is 0 Å². The van der Waals surface area contributed by atoms with Gasteiger partial charge in [-0.3, -0.25) is 4.98 Å². The Balaban J connectivity index is 1.76. The van der Waals surface area contributed by atoms with Crippen molar-refractivity contribution in [3.8, 4) is 0 Å². The topological polar surface area (TPSA) is 28.2 Å². The molecule has 3 heteroatoms. The van der Waals surface area contributed by atoms with Crippen LogP contribution in [0.4, 0.5) is 0 Å². The lowest BCUT2D eigenvalue weighted by Gasteiger charge is -2.44. The molecule has 0 radical (unpaired) electrons. The van der Waals surface area contributed by atoms with Gasteiger partial charge in [-0.2, -0.15) is 0 Å². The fourth-order valence-electron chi connectivity index (χ4n) is 2.96. The Kier molecular flexibility index (Phi) is 4.72. The minimum absolute atomic E-state index is 0.543. The summed E-state index contributed by atoms with van der Waals surface area (Å²) in [5, 5.41) is 3.35. The van der Waals surface area contributed by atoms with Crippen LogP contribution in [0.2, 0.25) is 0 Å². The van der Waals surface area contributed by atoms with E-state index in [0.717, 1.165) is 19.5 Å². The summed E-state index contributed by atoms with van der Waals surface area (Å²) in [7, 11) is 4.31. The van der Waals surface area contributed by atoms with Gasteiger partial charge in [0.05, 0.1) is 0 Å². The minimum Gasteiger partial charge on any atom is -0.319 e. The van der Waals surface area contributed by atoms with Crippen molar-refractivity contribution in [3.05, 3.63) is 30.1 Å². The summed E-state index contributed by atoms with van der Waals surface area (Å²) in [6, 6.07) is 4.22. The molecule has 1 aliphatic rings. The monoisotopic (exact) mass is 247 g/mol. The van der Waals surface area contributed by atoms with Crippen LogP contribution < -0.4 is 5.32 Å². The second kappa shape index (κ2) is 6.30. The Morgan fingerprint density at radius 1 is 1.33 bits per heavy atom. The summed E-state index contributed by atoms with van der Waals surface area (Å²) >= 11 is 0. The number of aromatic nitrogens is 1. The Hall–Kier alpha value is -0.930. The Labute approximate surface area is 111 Å². The van der Waals surface area contributed by atoms with Crippen molar-refractivity contribution in [1.29, 1.82) is 0 Å². The zero-order valence-corrected chi connectivity index (χ0v) is 11.7. The predicted molar refractivity (Wildman–Crippen MR) is 75.6 cm³/mol. The molecule has 0 bridgehead atoms. The van der Waals surface area contributed by atoms with Crippen LogP contribution >= 0.6 is 0 Å². The average molecular weight is 247 g/mol. The molecule has 1 N–H and O–H groups in total. The number of hydrogen-bond acceptors (Lipinski definition) is 3. The quantitative estimate of drug-likeness (QED) is 0.798. The van der Waals surface area contributed by atoms with Gasteiger partial charge in [0.2, 0.25) is 0 Å². The van der Waals surface area contributed by atoms with Crippen LogP contribution in [0.15, 0.2) is 24.5 Å². The van der Waals surface area contributed by atoms with Crippen LogP contribution in [0.3, 0.4) is 0 Å². The van der Waals surface area contributed by atoms with Crippen molar-refractivity contribution in [2.45, 2.75) is 25.7 Å². The Morgan fingerprint density at radius 3 is 2.61 bits per heavy atom. The first-order valence-electron chi connectivity index (χ1n) is 6.96. The molecule has 0 atom stereocenters. The molecule has 0 aromatic carbocycles. The maximum absolute atomic E-state index is 4.06. The molecule has 0 spiro atoms. The molecule has 1 aliphatic carbocycles. The number of hydrogen-bond donors (Lipinski definition) is 1. The summed E-state index contributed by atoms with van der Waals surface area (Å²) in [5.41, 5.74) is 1.93. The SMILES string of the molecule is CNCC1(CN(C)CCc2ccncc2)CCC1. The molecule has 100 valence electrons. The third-order valence-corrected chi connectivity index (χ3v) is 4.10. The molecule has 1 aromatic heterocycles. The molecule has 2 rings (SSSR count). The number of pyridine rings is 1. The summed E-state index contributed by atoms with van der Waals surface area (Å²) in [6.45, 7) is 3.51. The van der Waals surface area contributed by atoms with Gasteiger partial charge in [0.15, 0.2) is 0 Å². The van der Waals surface area contributed by atoms with Gasteiger partial charge >= 0.3 is 0 Å². The summed E-state index contributed by atoms with van der Waals surface area (Å²) in [6.07, 6.45) is 9.04. The number of nitrogens with zero attached hydrogens (tertiary/aromatic N) is 2. The smallest absolute Gasteiger partial charge is 0.0270 e. The summed E-state index contributed by atoms with van der Waals surface area (Å²) < 4.78 is 0. The van der Waals surface area contributed by atoms with E-state index in [1.165, 1.54) is 31.4 Å². The molecular formula is C15H25N3. The van der Waals surface area contributed by atoms with Gasteiger partial charge in [-0.15, -0.1) is 0 Å². The highest BCUT2D eigenvalue weighted by molar-refractivity contribution is 5.09. The number of likely N-dealkylation sites (N-methyl/N-ethyl adjacent to an activating group) is 1. The lowest BCUT2D eigenvalue weighted by molar-refractivity contribution is 0.0803. The van der Waals surface area contributed by atoms with Crippen LogP contribution in [0.5, 0.6) is 0 Å². The number of rotatable bonds is 7. The Morgan fingerprint density at radius 2 is 2.06 bits per heavy atom. The molecule has 0 amide bonds. The fraction of sp³-hybridized carbons (Fsp3) is 0.667. The first-order chi connectivity index (χ1) is 8.74. The second-order valence-corrected chi connectivity index (χ2v) is 5.73. The van der Waals surface area contributed by atoms with E-state index >= 15 is 0 Å². The number of nitrogens with one attached hydrogen (secondary N) is 1. The van der Waals surface area contributed by atoms with Gasteiger partial charge in [-0.1, -0.05) is 6.42 Å². The molecule has 1 aromatic rings. The summed E-state index contributed by atoms with van der Waals surface area (Å²) in [4.78, 5) is 6.54. The van der Waals surface area contributed by atoms with Crippen LogP contribution in [-0.4, -0.2) is 43.6 Å². The molecule has 1 saturated carbocycles. The van der Waals surface area contributed by atoms with Gasteiger partial charge in [0.1, 0.15) is 0 Å². The molecule has 1 heterocycles. The van der Waals surface area contributed by atoms with Crippen molar-refractivity contribution in [3.63, 3.8) is 0 Å². The average Bonchev–Trinajstić information content (AvgIpc) is 2.35. The molecule has 0 saturated heterocycles. The highest BCUT2D eigenvalue weighted by Gasteiger charge is 2.36. The molecular weight excluding hydrogens is 222 g/mol. The van der Waals surface area contributed by atoms with E-state index in [0.29, 0.717) is 5.41 Å². The largest absolute Gasteiger partial charge is 0.319 e. The second-order valence-electron chi connectivity index (χ2n) is 5.73. The molecule has 3 nitrogen and oxygen atoms in total. The molecule has 1 fully saturated rings.